The van der Waals surface area contributed by atoms with Crippen LogP contribution in [-0.2, 0) is 12.8 Å². The molecule has 0 saturated carbocycles. The maximum Gasteiger partial charge on any atom is 0.416 e. The SMILES string of the molecule is Cc1ccc(N)c(OCc2ccc(C(F)(F)F)cc2)c1. The standard InChI is InChI=1S/C15H14F3NO/c1-10-2-7-13(19)14(8-10)20-9-11-3-5-12(6-4-11)15(16,17)18/h2-8H,9,19H2,1H3. The van der Waals surface area contributed by atoms with Crippen molar-refractivity contribution in [2.45, 2.75) is 19.7 Å². The molecule has 2 aromatic carbocycles. The predicted molar refractivity (Wildman–Crippen MR) is 71.4 cm³/mol. The summed E-state index contributed by atoms with van der Waals surface area (Å²) in [6.07, 6.45) is -4.32. The van der Waals surface area contributed by atoms with Gasteiger partial charge in [-0.25, -0.2) is 0 Å². The van der Waals surface area contributed by atoms with Gasteiger partial charge in [0, 0.05) is 0 Å². The maximum absolute atomic E-state index is 12.4. The average molecular weight is 281 g/mol. The van der Waals surface area contributed by atoms with Crippen LogP contribution in [0.15, 0.2) is 42.5 Å². The van der Waals surface area contributed by atoms with Crippen molar-refractivity contribution >= 4 is 5.69 Å². The maximum atomic E-state index is 12.4. The molecular formula is C15H14F3NO. The molecule has 0 bridgehead atoms. The molecule has 2 N–H and O–H groups in total. The molecule has 0 spiro atoms. The molecule has 0 aliphatic rings. The summed E-state index contributed by atoms with van der Waals surface area (Å²) >= 11 is 0. The van der Waals surface area contributed by atoms with E-state index in [-0.39, 0.29) is 6.61 Å². The summed E-state index contributed by atoms with van der Waals surface area (Å²) in [4.78, 5) is 0. The number of ether oxygens (including phenoxy) is 1. The normalized spacial score (nSPS) is 11.4. The van der Waals surface area contributed by atoms with E-state index >= 15 is 0 Å². The molecule has 0 aliphatic carbocycles. The van der Waals surface area contributed by atoms with Crippen LogP contribution in [0.25, 0.3) is 0 Å². The zero-order chi connectivity index (χ0) is 14.8. The van der Waals surface area contributed by atoms with E-state index in [2.05, 4.69) is 0 Å². The van der Waals surface area contributed by atoms with Crippen molar-refractivity contribution in [3.05, 3.63) is 59.2 Å². The van der Waals surface area contributed by atoms with Crippen LogP contribution >= 0.6 is 0 Å². The molecule has 2 nitrogen and oxygen atoms in total. The van der Waals surface area contributed by atoms with Gasteiger partial charge in [0.15, 0.2) is 0 Å². The Bertz CT molecular complexity index is 591. The predicted octanol–water partition coefficient (Wildman–Crippen LogP) is 4.18. The summed E-state index contributed by atoms with van der Waals surface area (Å²) in [7, 11) is 0. The Morgan fingerprint density at radius 3 is 2.30 bits per heavy atom. The van der Waals surface area contributed by atoms with Crippen molar-refractivity contribution in [2.75, 3.05) is 5.73 Å². The molecule has 0 heterocycles. The van der Waals surface area contributed by atoms with E-state index in [9.17, 15) is 13.2 Å². The van der Waals surface area contributed by atoms with Gasteiger partial charge in [0.25, 0.3) is 0 Å². The highest BCUT2D eigenvalue weighted by molar-refractivity contribution is 5.53. The van der Waals surface area contributed by atoms with Gasteiger partial charge in [0.1, 0.15) is 12.4 Å². The molecule has 0 saturated heterocycles. The molecule has 0 unspecified atom stereocenters. The Morgan fingerprint density at radius 2 is 1.70 bits per heavy atom. The Hall–Kier alpha value is -2.17. The van der Waals surface area contributed by atoms with Gasteiger partial charge in [-0.1, -0.05) is 18.2 Å². The number of aryl methyl sites for hydroxylation is 1. The number of halogens is 3. The molecule has 2 rings (SSSR count). The molecular weight excluding hydrogens is 267 g/mol. The fourth-order valence-corrected chi connectivity index (χ4v) is 1.72. The van der Waals surface area contributed by atoms with Gasteiger partial charge < -0.3 is 10.5 Å². The van der Waals surface area contributed by atoms with Crippen LogP contribution in [0.3, 0.4) is 0 Å². The first-order valence-corrected chi connectivity index (χ1v) is 6.01. The molecule has 20 heavy (non-hydrogen) atoms. The lowest BCUT2D eigenvalue weighted by Gasteiger charge is -2.11. The van der Waals surface area contributed by atoms with Gasteiger partial charge >= 0.3 is 6.18 Å². The number of nitrogens with two attached hydrogens (primary N) is 1. The van der Waals surface area contributed by atoms with Crippen LogP contribution in [-0.4, -0.2) is 0 Å². The van der Waals surface area contributed by atoms with Crippen LogP contribution in [0.4, 0.5) is 18.9 Å². The molecule has 0 fully saturated rings. The van der Waals surface area contributed by atoms with Crippen LogP contribution in [0, 0.1) is 6.92 Å². The summed E-state index contributed by atoms with van der Waals surface area (Å²) in [5, 5.41) is 0. The summed E-state index contributed by atoms with van der Waals surface area (Å²) in [6.45, 7) is 2.08. The minimum atomic E-state index is -4.32. The zero-order valence-corrected chi connectivity index (χ0v) is 10.9. The summed E-state index contributed by atoms with van der Waals surface area (Å²) < 4.78 is 42.8. The van der Waals surface area contributed by atoms with E-state index in [0.717, 1.165) is 17.7 Å². The molecule has 5 heteroatoms. The second-order valence-electron chi connectivity index (χ2n) is 4.52. The van der Waals surface area contributed by atoms with Gasteiger partial charge in [0.05, 0.1) is 11.3 Å². The van der Waals surface area contributed by atoms with Gasteiger partial charge in [-0.15, -0.1) is 0 Å². The molecule has 0 radical (unpaired) electrons. The lowest BCUT2D eigenvalue weighted by atomic mass is 10.1. The van der Waals surface area contributed by atoms with E-state index in [1.54, 1.807) is 12.1 Å². The fourth-order valence-electron chi connectivity index (χ4n) is 1.72. The van der Waals surface area contributed by atoms with E-state index in [0.29, 0.717) is 17.0 Å². The second-order valence-corrected chi connectivity index (χ2v) is 4.52. The van der Waals surface area contributed by atoms with Gasteiger partial charge in [-0.2, -0.15) is 13.2 Å². The highest BCUT2D eigenvalue weighted by Gasteiger charge is 2.29. The van der Waals surface area contributed by atoms with Crippen LogP contribution < -0.4 is 10.5 Å². The van der Waals surface area contributed by atoms with E-state index in [4.69, 9.17) is 10.5 Å². The van der Waals surface area contributed by atoms with Crippen molar-refractivity contribution in [1.82, 2.24) is 0 Å². The molecule has 0 aromatic heterocycles. The Labute approximate surface area is 115 Å². The minimum Gasteiger partial charge on any atom is -0.487 e. The topological polar surface area (TPSA) is 35.2 Å². The quantitative estimate of drug-likeness (QED) is 0.857. The molecule has 106 valence electrons. The number of nitrogen functional groups attached to an aromatic ring is 1. The number of anilines is 1. The number of benzene rings is 2. The number of hydrogen-bond acceptors (Lipinski definition) is 2. The smallest absolute Gasteiger partial charge is 0.416 e. The molecule has 0 amide bonds. The van der Waals surface area contributed by atoms with Crippen LogP contribution in [0.5, 0.6) is 5.75 Å². The number of alkyl halides is 3. The van der Waals surface area contributed by atoms with Gasteiger partial charge in [-0.3, -0.25) is 0 Å². The third-order valence-electron chi connectivity index (χ3n) is 2.84. The first-order valence-electron chi connectivity index (χ1n) is 6.01. The first-order chi connectivity index (χ1) is 9.36. The Balaban J connectivity index is 2.06. The number of rotatable bonds is 3. The zero-order valence-electron chi connectivity index (χ0n) is 10.9. The molecule has 0 atom stereocenters. The van der Waals surface area contributed by atoms with Gasteiger partial charge in [-0.05, 0) is 42.3 Å². The summed E-state index contributed by atoms with van der Waals surface area (Å²) in [5.41, 5.74) is 7.25. The van der Waals surface area contributed by atoms with E-state index in [1.807, 2.05) is 13.0 Å². The number of hydrogen-bond donors (Lipinski definition) is 1. The second kappa shape index (κ2) is 5.45. The first kappa shape index (κ1) is 14.2. The monoisotopic (exact) mass is 281 g/mol. The average Bonchev–Trinajstić information content (AvgIpc) is 2.39. The van der Waals surface area contributed by atoms with Crippen molar-refractivity contribution in [1.29, 1.82) is 0 Å². The highest BCUT2D eigenvalue weighted by Crippen LogP contribution is 2.29. The van der Waals surface area contributed by atoms with Crippen molar-refractivity contribution in [3.63, 3.8) is 0 Å². The largest absolute Gasteiger partial charge is 0.487 e. The fraction of sp³-hybridized carbons (Fsp3) is 0.200. The van der Waals surface area contributed by atoms with E-state index < -0.39 is 11.7 Å². The third-order valence-corrected chi connectivity index (χ3v) is 2.84. The Kier molecular flexibility index (Phi) is 3.88. The van der Waals surface area contributed by atoms with Gasteiger partial charge in [0.2, 0.25) is 0 Å². The van der Waals surface area contributed by atoms with Crippen LogP contribution in [0.2, 0.25) is 0 Å². The lowest BCUT2D eigenvalue weighted by molar-refractivity contribution is -0.137. The highest BCUT2D eigenvalue weighted by atomic mass is 19.4. The summed E-state index contributed by atoms with van der Waals surface area (Å²) in [6, 6.07) is 10.3. The van der Waals surface area contributed by atoms with Crippen LogP contribution in [0.1, 0.15) is 16.7 Å². The van der Waals surface area contributed by atoms with Crippen molar-refractivity contribution in [3.8, 4) is 5.75 Å². The Morgan fingerprint density at radius 1 is 1.05 bits per heavy atom. The van der Waals surface area contributed by atoms with Crippen molar-refractivity contribution < 1.29 is 17.9 Å². The molecule has 0 aliphatic heterocycles. The summed E-state index contributed by atoms with van der Waals surface area (Å²) in [5.74, 6) is 0.532. The van der Waals surface area contributed by atoms with E-state index in [1.165, 1.54) is 12.1 Å². The third kappa shape index (κ3) is 3.44. The van der Waals surface area contributed by atoms with Crippen molar-refractivity contribution in [2.24, 2.45) is 0 Å². The molecule has 2 aromatic rings. The minimum absolute atomic E-state index is 0.172. The lowest BCUT2D eigenvalue weighted by Crippen LogP contribution is -2.05.